The van der Waals surface area contributed by atoms with Gasteiger partial charge in [0.25, 0.3) is 0 Å². The minimum Gasteiger partial charge on any atom is -0.480 e. The minimum absolute atomic E-state index is 0.122. The van der Waals surface area contributed by atoms with E-state index >= 15 is 0 Å². The third kappa shape index (κ3) is 3.68. The lowest BCUT2D eigenvalue weighted by atomic mass is 10.0. The lowest BCUT2D eigenvalue weighted by Gasteiger charge is -2.17. The highest BCUT2D eigenvalue weighted by atomic mass is 16.4. The van der Waals surface area contributed by atoms with Crippen LogP contribution in [0.2, 0.25) is 0 Å². The first-order valence-corrected chi connectivity index (χ1v) is 6.57. The number of carboxylic acid groups (broad SMARTS) is 1. The van der Waals surface area contributed by atoms with Crippen molar-refractivity contribution in [3.05, 3.63) is 48.0 Å². The van der Waals surface area contributed by atoms with Gasteiger partial charge in [-0.25, -0.2) is 4.79 Å². The second kappa shape index (κ2) is 6.34. The Morgan fingerprint density at radius 3 is 2.55 bits per heavy atom. The lowest BCUT2D eigenvalue weighted by molar-refractivity contribution is -0.142. The van der Waals surface area contributed by atoms with Crippen molar-refractivity contribution in [2.24, 2.45) is 11.7 Å². The van der Waals surface area contributed by atoms with Gasteiger partial charge in [-0.3, -0.25) is 4.79 Å². The van der Waals surface area contributed by atoms with E-state index in [1.165, 1.54) is 0 Å². The summed E-state index contributed by atoms with van der Waals surface area (Å²) in [5, 5.41) is 11.8. The fourth-order valence-electron chi connectivity index (χ4n) is 2.25. The molecule has 4 N–H and O–H groups in total. The van der Waals surface area contributed by atoms with Crippen molar-refractivity contribution in [3.8, 4) is 0 Å². The van der Waals surface area contributed by atoms with Crippen LogP contribution in [-0.2, 0) is 16.0 Å². The zero-order chi connectivity index (χ0) is 14.5. The molecule has 5 nitrogen and oxygen atoms in total. The van der Waals surface area contributed by atoms with Gasteiger partial charge in [-0.1, -0.05) is 42.5 Å². The molecule has 1 aliphatic carbocycles. The van der Waals surface area contributed by atoms with E-state index in [2.05, 4.69) is 5.32 Å². The Labute approximate surface area is 117 Å². The summed E-state index contributed by atoms with van der Waals surface area (Å²) < 4.78 is 0. The van der Waals surface area contributed by atoms with Crippen molar-refractivity contribution in [3.63, 3.8) is 0 Å². The SMILES string of the molecule is NC1C=CC(C(=O)NC(Cc2ccccc2)C(=O)O)C1. The van der Waals surface area contributed by atoms with Gasteiger partial charge in [0.15, 0.2) is 0 Å². The van der Waals surface area contributed by atoms with E-state index in [-0.39, 0.29) is 24.3 Å². The maximum atomic E-state index is 12.0. The molecule has 2 rings (SSSR count). The molecule has 3 atom stereocenters. The number of benzene rings is 1. The maximum absolute atomic E-state index is 12.0. The molecule has 0 aliphatic heterocycles. The van der Waals surface area contributed by atoms with Crippen LogP contribution in [0.1, 0.15) is 12.0 Å². The van der Waals surface area contributed by atoms with Crippen molar-refractivity contribution in [2.75, 3.05) is 0 Å². The van der Waals surface area contributed by atoms with E-state index in [1.54, 1.807) is 12.2 Å². The van der Waals surface area contributed by atoms with Gasteiger partial charge in [-0.15, -0.1) is 0 Å². The van der Waals surface area contributed by atoms with Crippen molar-refractivity contribution in [2.45, 2.75) is 24.9 Å². The van der Waals surface area contributed by atoms with Gasteiger partial charge in [0.2, 0.25) is 5.91 Å². The number of carboxylic acids is 1. The van der Waals surface area contributed by atoms with Crippen LogP contribution >= 0.6 is 0 Å². The fourth-order valence-corrected chi connectivity index (χ4v) is 2.25. The van der Waals surface area contributed by atoms with E-state index in [0.29, 0.717) is 6.42 Å². The summed E-state index contributed by atoms with van der Waals surface area (Å²) >= 11 is 0. The molecule has 3 unspecified atom stereocenters. The number of carbonyl (C=O) groups excluding carboxylic acids is 1. The summed E-state index contributed by atoms with van der Waals surface area (Å²) in [6.45, 7) is 0. The predicted molar refractivity (Wildman–Crippen MR) is 74.9 cm³/mol. The second-order valence-electron chi connectivity index (χ2n) is 4.98. The number of amides is 1. The number of aliphatic carboxylic acids is 1. The van der Waals surface area contributed by atoms with Gasteiger partial charge in [0.1, 0.15) is 6.04 Å². The monoisotopic (exact) mass is 274 g/mol. The van der Waals surface area contributed by atoms with E-state index < -0.39 is 12.0 Å². The van der Waals surface area contributed by atoms with E-state index in [0.717, 1.165) is 5.56 Å². The van der Waals surface area contributed by atoms with Gasteiger partial charge in [0, 0.05) is 12.5 Å². The van der Waals surface area contributed by atoms with Crippen molar-refractivity contribution in [1.29, 1.82) is 0 Å². The van der Waals surface area contributed by atoms with Crippen LogP contribution in [0.3, 0.4) is 0 Å². The molecular weight excluding hydrogens is 256 g/mol. The molecule has 0 spiro atoms. The smallest absolute Gasteiger partial charge is 0.326 e. The first-order valence-electron chi connectivity index (χ1n) is 6.57. The molecule has 0 saturated carbocycles. The van der Waals surface area contributed by atoms with Crippen LogP contribution in [0.25, 0.3) is 0 Å². The number of nitrogens with one attached hydrogen (secondary N) is 1. The average Bonchev–Trinajstić information content (AvgIpc) is 2.86. The van der Waals surface area contributed by atoms with Crippen molar-refractivity contribution < 1.29 is 14.7 Å². The van der Waals surface area contributed by atoms with Crippen LogP contribution in [0.5, 0.6) is 0 Å². The third-order valence-electron chi connectivity index (χ3n) is 3.35. The molecular formula is C15H18N2O3. The number of carbonyl (C=O) groups is 2. The number of hydrogen-bond donors (Lipinski definition) is 3. The van der Waals surface area contributed by atoms with Gasteiger partial charge in [0.05, 0.1) is 5.92 Å². The standard InChI is InChI=1S/C15H18N2O3/c16-12-7-6-11(9-12)14(18)17-13(15(19)20)8-10-4-2-1-3-5-10/h1-7,11-13H,8-9,16H2,(H,17,18)(H,19,20). The maximum Gasteiger partial charge on any atom is 0.326 e. The molecule has 0 saturated heterocycles. The summed E-state index contributed by atoms with van der Waals surface area (Å²) in [4.78, 5) is 23.3. The number of nitrogens with two attached hydrogens (primary N) is 1. The summed E-state index contributed by atoms with van der Waals surface area (Å²) in [5.41, 5.74) is 6.57. The van der Waals surface area contributed by atoms with E-state index in [1.807, 2.05) is 30.3 Å². The summed E-state index contributed by atoms with van der Waals surface area (Å²) in [7, 11) is 0. The van der Waals surface area contributed by atoms with E-state index in [4.69, 9.17) is 5.73 Å². The molecule has 1 aromatic carbocycles. The highest BCUT2D eigenvalue weighted by Gasteiger charge is 2.27. The summed E-state index contributed by atoms with van der Waals surface area (Å²) in [6, 6.07) is 8.19. The largest absolute Gasteiger partial charge is 0.480 e. The highest BCUT2D eigenvalue weighted by Crippen LogP contribution is 2.16. The van der Waals surface area contributed by atoms with Crippen molar-refractivity contribution >= 4 is 11.9 Å². The zero-order valence-corrected chi connectivity index (χ0v) is 11.0. The third-order valence-corrected chi connectivity index (χ3v) is 3.35. The molecule has 1 amide bonds. The van der Waals surface area contributed by atoms with Gasteiger partial charge in [-0.05, 0) is 12.0 Å². The van der Waals surface area contributed by atoms with E-state index in [9.17, 15) is 14.7 Å². The van der Waals surface area contributed by atoms with Crippen molar-refractivity contribution in [1.82, 2.24) is 5.32 Å². The summed E-state index contributed by atoms with van der Waals surface area (Å²) in [6.07, 6.45) is 4.31. The normalized spacial score (nSPS) is 22.4. The van der Waals surface area contributed by atoms with Crippen LogP contribution in [0.4, 0.5) is 0 Å². The molecule has 20 heavy (non-hydrogen) atoms. The highest BCUT2D eigenvalue weighted by molar-refractivity contribution is 5.86. The first-order chi connectivity index (χ1) is 9.56. The Bertz CT molecular complexity index is 513. The summed E-state index contributed by atoms with van der Waals surface area (Å²) in [5.74, 6) is -1.64. The van der Waals surface area contributed by atoms with Crippen LogP contribution in [0.15, 0.2) is 42.5 Å². The Kier molecular flexibility index (Phi) is 4.53. The zero-order valence-electron chi connectivity index (χ0n) is 11.0. The van der Waals surface area contributed by atoms with Gasteiger partial charge in [-0.2, -0.15) is 0 Å². The number of hydrogen-bond acceptors (Lipinski definition) is 3. The molecule has 0 bridgehead atoms. The molecule has 0 fully saturated rings. The Morgan fingerprint density at radius 2 is 2.00 bits per heavy atom. The Hall–Kier alpha value is -2.14. The fraction of sp³-hybridized carbons (Fsp3) is 0.333. The predicted octanol–water partition coefficient (Wildman–Crippen LogP) is 0.702. The minimum atomic E-state index is -1.03. The van der Waals surface area contributed by atoms with Crippen LogP contribution in [-0.4, -0.2) is 29.1 Å². The first kappa shape index (κ1) is 14.3. The Morgan fingerprint density at radius 1 is 1.30 bits per heavy atom. The molecule has 0 radical (unpaired) electrons. The lowest BCUT2D eigenvalue weighted by Crippen LogP contribution is -2.44. The molecule has 5 heteroatoms. The topological polar surface area (TPSA) is 92.4 Å². The van der Waals surface area contributed by atoms with Crippen LogP contribution in [0, 0.1) is 5.92 Å². The average molecular weight is 274 g/mol. The molecule has 1 aliphatic rings. The van der Waals surface area contributed by atoms with Crippen LogP contribution < -0.4 is 11.1 Å². The van der Waals surface area contributed by atoms with Gasteiger partial charge >= 0.3 is 5.97 Å². The molecule has 1 aromatic rings. The second-order valence-corrected chi connectivity index (χ2v) is 4.98. The quantitative estimate of drug-likeness (QED) is 0.689. The Balaban J connectivity index is 1.98. The molecule has 0 heterocycles. The number of rotatable bonds is 5. The molecule has 106 valence electrons. The molecule has 0 aromatic heterocycles. The van der Waals surface area contributed by atoms with Gasteiger partial charge < -0.3 is 16.2 Å².